The molecule has 0 spiro atoms. The van der Waals surface area contributed by atoms with Gasteiger partial charge in [-0.3, -0.25) is 4.79 Å². The van der Waals surface area contributed by atoms with Crippen molar-refractivity contribution in [2.45, 2.75) is 4.90 Å². The van der Waals surface area contributed by atoms with Crippen molar-refractivity contribution in [1.29, 1.82) is 0 Å². The predicted octanol–water partition coefficient (Wildman–Crippen LogP) is 5.08. The molecule has 0 atom stereocenters. The number of thioether (sulfide) groups is 1. The van der Waals surface area contributed by atoms with E-state index in [2.05, 4.69) is 21.2 Å². The minimum Gasteiger partial charge on any atom is -0.321 e. The third-order valence-corrected chi connectivity index (χ3v) is 4.25. The summed E-state index contributed by atoms with van der Waals surface area (Å²) in [5.74, 6) is -0.145. The Kier molecular flexibility index (Phi) is 4.91. The van der Waals surface area contributed by atoms with Crippen LogP contribution in [0.15, 0.2) is 51.8 Å². The summed E-state index contributed by atoms with van der Waals surface area (Å²) in [6.07, 6.45) is 1.95. The zero-order chi connectivity index (χ0) is 13.8. The summed E-state index contributed by atoms with van der Waals surface area (Å²) in [4.78, 5) is 13.2. The molecule has 0 fully saturated rings. The number of hydrogen-bond donors (Lipinski definition) is 1. The van der Waals surface area contributed by atoms with Crippen LogP contribution in [-0.4, -0.2) is 12.2 Å². The zero-order valence-electron chi connectivity index (χ0n) is 10.1. The van der Waals surface area contributed by atoms with Crippen molar-refractivity contribution < 1.29 is 4.79 Å². The third kappa shape index (κ3) is 3.53. The van der Waals surface area contributed by atoms with Crippen LogP contribution >= 0.6 is 39.3 Å². The van der Waals surface area contributed by atoms with Gasteiger partial charge in [-0.2, -0.15) is 0 Å². The van der Waals surface area contributed by atoms with E-state index in [1.807, 2.05) is 24.5 Å². The number of benzene rings is 2. The SMILES string of the molecule is CSc1ccccc1C(=O)Nc1cc(Cl)ccc1Br. The first-order valence-corrected chi connectivity index (χ1v) is 7.91. The molecule has 0 saturated carbocycles. The Labute approximate surface area is 129 Å². The fraction of sp³-hybridized carbons (Fsp3) is 0.0714. The summed E-state index contributed by atoms with van der Waals surface area (Å²) in [5.41, 5.74) is 1.32. The Bertz CT molecular complexity index is 618. The van der Waals surface area contributed by atoms with Crippen molar-refractivity contribution in [2.24, 2.45) is 0 Å². The lowest BCUT2D eigenvalue weighted by Crippen LogP contribution is -2.13. The Morgan fingerprint density at radius 3 is 2.74 bits per heavy atom. The van der Waals surface area contributed by atoms with Crippen molar-refractivity contribution in [3.05, 3.63) is 57.5 Å². The van der Waals surface area contributed by atoms with E-state index in [-0.39, 0.29) is 5.91 Å². The summed E-state index contributed by atoms with van der Waals surface area (Å²) >= 11 is 10.9. The van der Waals surface area contributed by atoms with Crippen LogP contribution in [0.3, 0.4) is 0 Å². The third-order valence-electron chi connectivity index (χ3n) is 2.53. The van der Waals surface area contributed by atoms with Crippen LogP contribution in [0.25, 0.3) is 0 Å². The first kappa shape index (κ1) is 14.4. The van der Waals surface area contributed by atoms with E-state index >= 15 is 0 Å². The summed E-state index contributed by atoms with van der Waals surface area (Å²) in [6.45, 7) is 0. The molecule has 98 valence electrons. The molecule has 0 unspecified atom stereocenters. The van der Waals surface area contributed by atoms with Crippen molar-refractivity contribution in [3.8, 4) is 0 Å². The number of carbonyl (C=O) groups excluding carboxylic acids is 1. The highest BCUT2D eigenvalue weighted by atomic mass is 79.9. The second-order valence-electron chi connectivity index (χ2n) is 3.78. The summed E-state index contributed by atoms with van der Waals surface area (Å²) in [6, 6.07) is 12.8. The van der Waals surface area contributed by atoms with E-state index in [0.717, 1.165) is 9.37 Å². The van der Waals surface area contributed by atoms with Crippen LogP contribution in [0.2, 0.25) is 5.02 Å². The zero-order valence-corrected chi connectivity index (χ0v) is 13.3. The van der Waals surface area contributed by atoms with Crippen molar-refractivity contribution in [1.82, 2.24) is 0 Å². The highest BCUT2D eigenvalue weighted by Crippen LogP contribution is 2.27. The molecule has 0 heterocycles. The van der Waals surface area contributed by atoms with E-state index in [9.17, 15) is 4.79 Å². The van der Waals surface area contributed by atoms with E-state index in [1.54, 1.807) is 36.0 Å². The van der Waals surface area contributed by atoms with Gasteiger partial charge in [-0.05, 0) is 52.5 Å². The fourth-order valence-electron chi connectivity index (χ4n) is 1.62. The second-order valence-corrected chi connectivity index (χ2v) is 5.92. The van der Waals surface area contributed by atoms with Crippen molar-refractivity contribution >= 4 is 50.9 Å². The minimum absolute atomic E-state index is 0.145. The average molecular weight is 357 g/mol. The van der Waals surface area contributed by atoms with Crippen molar-refractivity contribution in [2.75, 3.05) is 11.6 Å². The number of amides is 1. The number of anilines is 1. The fourth-order valence-corrected chi connectivity index (χ4v) is 2.73. The molecule has 1 N–H and O–H groups in total. The molecule has 0 radical (unpaired) electrons. The van der Waals surface area contributed by atoms with Gasteiger partial charge < -0.3 is 5.32 Å². The number of nitrogens with one attached hydrogen (secondary N) is 1. The molecule has 0 aliphatic heterocycles. The summed E-state index contributed by atoms with van der Waals surface area (Å²) in [5, 5.41) is 3.44. The molecule has 0 aliphatic rings. The molecule has 19 heavy (non-hydrogen) atoms. The normalized spacial score (nSPS) is 10.3. The molecule has 5 heteroatoms. The predicted molar refractivity (Wildman–Crippen MR) is 85.3 cm³/mol. The van der Waals surface area contributed by atoms with Crippen LogP contribution in [0.1, 0.15) is 10.4 Å². The highest BCUT2D eigenvalue weighted by Gasteiger charge is 2.12. The lowest BCUT2D eigenvalue weighted by Gasteiger charge is -2.10. The molecular weight excluding hydrogens is 346 g/mol. The number of hydrogen-bond acceptors (Lipinski definition) is 2. The van der Waals surface area contributed by atoms with Gasteiger partial charge in [0.25, 0.3) is 5.91 Å². The largest absolute Gasteiger partial charge is 0.321 e. The van der Waals surface area contributed by atoms with Gasteiger partial charge in [0.1, 0.15) is 0 Å². The van der Waals surface area contributed by atoms with Gasteiger partial charge in [0.15, 0.2) is 0 Å². The Morgan fingerprint density at radius 2 is 2.00 bits per heavy atom. The Morgan fingerprint density at radius 1 is 1.26 bits per heavy atom. The van der Waals surface area contributed by atoms with Crippen LogP contribution in [0.4, 0.5) is 5.69 Å². The molecule has 2 aromatic rings. The molecular formula is C14H11BrClNOS. The van der Waals surface area contributed by atoms with Gasteiger partial charge in [0.05, 0.1) is 11.3 Å². The maximum absolute atomic E-state index is 12.3. The van der Waals surface area contributed by atoms with Gasteiger partial charge in [-0.15, -0.1) is 11.8 Å². The molecule has 0 bridgehead atoms. The monoisotopic (exact) mass is 355 g/mol. The average Bonchev–Trinajstić information content (AvgIpc) is 2.42. The van der Waals surface area contributed by atoms with Crippen LogP contribution in [0.5, 0.6) is 0 Å². The Hall–Kier alpha value is -0.970. The topological polar surface area (TPSA) is 29.1 Å². The molecule has 1 amide bonds. The molecule has 2 rings (SSSR count). The standard InChI is InChI=1S/C14H11BrClNOS/c1-19-13-5-3-2-4-10(13)14(18)17-12-8-9(16)6-7-11(12)15/h2-8H,1H3,(H,17,18). The van der Waals surface area contributed by atoms with Crippen molar-refractivity contribution in [3.63, 3.8) is 0 Å². The lowest BCUT2D eigenvalue weighted by atomic mass is 10.2. The molecule has 0 saturated heterocycles. The summed E-state index contributed by atoms with van der Waals surface area (Å²) in [7, 11) is 0. The molecule has 2 aromatic carbocycles. The Balaban J connectivity index is 2.28. The van der Waals surface area contributed by atoms with Crippen LogP contribution in [-0.2, 0) is 0 Å². The van der Waals surface area contributed by atoms with Gasteiger partial charge in [-0.1, -0.05) is 23.7 Å². The number of carbonyl (C=O) groups is 1. The van der Waals surface area contributed by atoms with E-state index in [0.29, 0.717) is 16.3 Å². The van der Waals surface area contributed by atoms with Gasteiger partial charge in [-0.25, -0.2) is 0 Å². The first-order chi connectivity index (χ1) is 9.11. The minimum atomic E-state index is -0.145. The van der Waals surface area contributed by atoms with E-state index in [4.69, 9.17) is 11.6 Å². The van der Waals surface area contributed by atoms with E-state index < -0.39 is 0 Å². The number of halogens is 2. The molecule has 0 aromatic heterocycles. The maximum Gasteiger partial charge on any atom is 0.256 e. The molecule has 0 aliphatic carbocycles. The quantitative estimate of drug-likeness (QED) is 0.777. The van der Waals surface area contributed by atoms with Crippen LogP contribution < -0.4 is 5.32 Å². The van der Waals surface area contributed by atoms with Gasteiger partial charge in [0, 0.05) is 14.4 Å². The molecule has 2 nitrogen and oxygen atoms in total. The first-order valence-electron chi connectivity index (χ1n) is 5.51. The highest BCUT2D eigenvalue weighted by molar-refractivity contribution is 9.10. The van der Waals surface area contributed by atoms with Gasteiger partial charge >= 0.3 is 0 Å². The number of rotatable bonds is 3. The van der Waals surface area contributed by atoms with E-state index in [1.165, 1.54) is 0 Å². The van der Waals surface area contributed by atoms with Crippen LogP contribution in [0, 0.1) is 0 Å². The van der Waals surface area contributed by atoms with Gasteiger partial charge in [0.2, 0.25) is 0 Å². The summed E-state index contributed by atoms with van der Waals surface area (Å²) < 4.78 is 0.798. The smallest absolute Gasteiger partial charge is 0.256 e. The lowest BCUT2D eigenvalue weighted by molar-refractivity contribution is 0.102. The second kappa shape index (κ2) is 6.46. The maximum atomic E-state index is 12.3.